The molecule has 0 aliphatic heterocycles. The van der Waals surface area contributed by atoms with Gasteiger partial charge in [0.2, 0.25) is 0 Å². The number of hydrogen-bond donors (Lipinski definition) is 3. The molecule has 0 aliphatic rings. The molecular weight excluding hydrogens is 1150 g/mol. The topological polar surface area (TPSA) is 237 Å². The first-order chi connectivity index (χ1) is 41.9. The number of carbonyl (C=O) groups is 4. The molecule has 17 nitrogen and oxygen atoms in total. The first-order valence-corrected chi connectivity index (χ1v) is 38.5. The molecule has 0 amide bonds. The molecule has 5 atom stereocenters. The standard InChI is InChI=1S/C68H132O17P2/c1-7-9-11-13-15-16-20-28-34-40-46-52-67(72)84-63(56-78-65(70)50-44-38-30-14-12-10-8-2)58-82-86(74,75)80-54-62(69)55-81-87(76,77)83-59-64(57-79-66(71)51-45-39-33-27-24-23-26-32-37-43-49-61(5)6)85-68(73)53-47-41-35-29-22-19-17-18-21-25-31-36-42-48-60(3)4/h60-64,69H,7-59H2,1-6H3,(H,74,75)(H,76,77)/t62-,63+,64+/m0/s1. The zero-order valence-electron chi connectivity index (χ0n) is 56.3. The van der Waals surface area contributed by atoms with Gasteiger partial charge in [0.05, 0.1) is 26.4 Å². The van der Waals surface area contributed by atoms with Crippen molar-refractivity contribution in [2.24, 2.45) is 11.8 Å². The van der Waals surface area contributed by atoms with Crippen LogP contribution >= 0.6 is 15.6 Å². The van der Waals surface area contributed by atoms with E-state index in [1.165, 1.54) is 148 Å². The van der Waals surface area contributed by atoms with Crippen LogP contribution in [0.2, 0.25) is 0 Å². The van der Waals surface area contributed by atoms with Gasteiger partial charge in [-0.3, -0.25) is 37.3 Å². The molecule has 19 heteroatoms. The number of phosphoric acid groups is 2. The van der Waals surface area contributed by atoms with E-state index in [1.807, 2.05) is 0 Å². The lowest BCUT2D eigenvalue weighted by atomic mass is 10.0. The number of aliphatic hydroxyl groups is 1. The van der Waals surface area contributed by atoms with Gasteiger partial charge in [-0.25, -0.2) is 9.13 Å². The zero-order chi connectivity index (χ0) is 64.3. The number of aliphatic hydroxyl groups excluding tert-OH is 1. The van der Waals surface area contributed by atoms with E-state index in [0.29, 0.717) is 25.7 Å². The number of hydrogen-bond acceptors (Lipinski definition) is 15. The highest BCUT2D eigenvalue weighted by Gasteiger charge is 2.30. The Hall–Kier alpha value is -1.94. The van der Waals surface area contributed by atoms with E-state index in [2.05, 4.69) is 41.5 Å². The summed E-state index contributed by atoms with van der Waals surface area (Å²) < 4.78 is 68.1. The Morgan fingerprint density at radius 3 is 0.782 bits per heavy atom. The lowest BCUT2D eigenvalue weighted by Gasteiger charge is -2.21. The molecule has 0 saturated heterocycles. The third kappa shape index (κ3) is 62.6. The van der Waals surface area contributed by atoms with Crippen molar-refractivity contribution >= 4 is 39.5 Å². The van der Waals surface area contributed by atoms with Crippen LogP contribution in [-0.4, -0.2) is 96.7 Å². The molecule has 0 aromatic rings. The fraction of sp³-hybridized carbons (Fsp3) is 0.941. The largest absolute Gasteiger partial charge is 0.472 e. The molecule has 0 rings (SSSR count). The van der Waals surface area contributed by atoms with Crippen LogP contribution in [0.3, 0.4) is 0 Å². The van der Waals surface area contributed by atoms with Crippen LogP contribution in [-0.2, 0) is 65.4 Å². The molecule has 2 unspecified atom stereocenters. The van der Waals surface area contributed by atoms with Gasteiger partial charge in [0.25, 0.3) is 0 Å². The van der Waals surface area contributed by atoms with Crippen LogP contribution in [0.25, 0.3) is 0 Å². The number of rotatable bonds is 67. The molecule has 0 aliphatic carbocycles. The van der Waals surface area contributed by atoms with E-state index >= 15 is 0 Å². The van der Waals surface area contributed by atoms with Crippen LogP contribution in [0, 0.1) is 11.8 Å². The number of phosphoric ester groups is 2. The van der Waals surface area contributed by atoms with E-state index in [-0.39, 0.29) is 25.7 Å². The number of ether oxygens (including phenoxy) is 4. The van der Waals surface area contributed by atoms with Crippen molar-refractivity contribution in [3.63, 3.8) is 0 Å². The van der Waals surface area contributed by atoms with Gasteiger partial charge in [0, 0.05) is 25.7 Å². The Kier molecular flexibility index (Phi) is 59.0. The van der Waals surface area contributed by atoms with Gasteiger partial charge < -0.3 is 33.8 Å². The van der Waals surface area contributed by atoms with Gasteiger partial charge in [-0.05, 0) is 37.5 Å². The summed E-state index contributed by atoms with van der Waals surface area (Å²) in [5, 5.41) is 10.6. The van der Waals surface area contributed by atoms with E-state index in [4.69, 9.17) is 37.0 Å². The van der Waals surface area contributed by atoms with Crippen LogP contribution in [0.5, 0.6) is 0 Å². The summed E-state index contributed by atoms with van der Waals surface area (Å²) in [6.45, 7) is 9.50. The molecular formula is C68H132O17P2. The fourth-order valence-electron chi connectivity index (χ4n) is 10.2. The third-order valence-corrected chi connectivity index (χ3v) is 17.6. The van der Waals surface area contributed by atoms with Gasteiger partial charge in [0.15, 0.2) is 12.2 Å². The molecule has 0 aromatic heterocycles. The minimum Gasteiger partial charge on any atom is -0.462 e. The Morgan fingerprint density at radius 2 is 0.529 bits per heavy atom. The minimum atomic E-state index is -4.95. The predicted molar refractivity (Wildman–Crippen MR) is 349 cm³/mol. The van der Waals surface area contributed by atoms with Crippen molar-refractivity contribution in [3.05, 3.63) is 0 Å². The van der Waals surface area contributed by atoms with Crippen molar-refractivity contribution in [2.45, 2.75) is 362 Å². The number of esters is 4. The fourth-order valence-corrected chi connectivity index (χ4v) is 11.8. The summed E-state index contributed by atoms with van der Waals surface area (Å²) in [6, 6.07) is 0. The first kappa shape index (κ1) is 85.1. The minimum absolute atomic E-state index is 0.106. The molecule has 0 aromatic carbocycles. The number of carbonyl (C=O) groups excluding carboxylic acids is 4. The summed E-state index contributed by atoms with van der Waals surface area (Å²) in [6.07, 6.45) is 44.5. The van der Waals surface area contributed by atoms with E-state index in [1.54, 1.807) is 0 Å². The van der Waals surface area contributed by atoms with Crippen LogP contribution < -0.4 is 0 Å². The highest BCUT2D eigenvalue weighted by atomic mass is 31.2. The summed E-state index contributed by atoms with van der Waals surface area (Å²) in [7, 11) is -9.89. The Balaban J connectivity index is 5.21. The maximum absolute atomic E-state index is 13.0. The molecule has 516 valence electrons. The molecule has 0 saturated carbocycles. The molecule has 0 spiro atoms. The predicted octanol–water partition coefficient (Wildman–Crippen LogP) is 19.2. The Morgan fingerprint density at radius 1 is 0.310 bits per heavy atom. The number of unbranched alkanes of at least 4 members (excludes halogenated alkanes) is 37. The third-order valence-electron chi connectivity index (χ3n) is 15.7. The molecule has 0 radical (unpaired) electrons. The normalized spacial score (nSPS) is 14.2. The highest BCUT2D eigenvalue weighted by Crippen LogP contribution is 2.45. The second-order valence-electron chi connectivity index (χ2n) is 25.5. The van der Waals surface area contributed by atoms with Crippen molar-refractivity contribution in [1.82, 2.24) is 0 Å². The Labute approximate surface area is 530 Å². The lowest BCUT2D eigenvalue weighted by Crippen LogP contribution is -2.30. The summed E-state index contributed by atoms with van der Waals surface area (Å²) in [5.41, 5.74) is 0. The lowest BCUT2D eigenvalue weighted by molar-refractivity contribution is -0.161. The van der Waals surface area contributed by atoms with Gasteiger partial charge >= 0.3 is 39.5 Å². The second kappa shape index (κ2) is 60.3. The SMILES string of the molecule is CCCCCCCCCCCCCC(=O)O[C@H](COC(=O)CCCCCCCCC)COP(=O)(O)OC[C@H](O)COP(=O)(O)OC[C@@H](COC(=O)CCCCCCCCCCCCC(C)C)OC(=O)CCCCCCCCCCCCCCCC(C)C. The van der Waals surface area contributed by atoms with E-state index < -0.39 is 97.5 Å². The second-order valence-corrected chi connectivity index (χ2v) is 28.4. The van der Waals surface area contributed by atoms with Crippen molar-refractivity contribution < 1.29 is 80.2 Å². The van der Waals surface area contributed by atoms with Crippen molar-refractivity contribution in [1.29, 1.82) is 0 Å². The maximum Gasteiger partial charge on any atom is 0.472 e. The van der Waals surface area contributed by atoms with Gasteiger partial charge in [0.1, 0.15) is 19.3 Å². The molecule has 87 heavy (non-hydrogen) atoms. The average Bonchev–Trinajstić information content (AvgIpc) is 3.58. The smallest absolute Gasteiger partial charge is 0.462 e. The molecule has 0 fully saturated rings. The zero-order valence-corrected chi connectivity index (χ0v) is 58.1. The average molecular weight is 1280 g/mol. The van der Waals surface area contributed by atoms with Gasteiger partial charge in [-0.15, -0.1) is 0 Å². The highest BCUT2D eigenvalue weighted by molar-refractivity contribution is 7.47. The molecule has 0 bridgehead atoms. The molecule has 3 N–H and O–H groups in total. The summed E-state index contributed by atoms with van der Waals surface area (Å²) in [4.78, 5) is 72.3. The quantitative estimate of drug-likeness (QED) is 0.0222. The van der Waals surface area contributed by atoms with Gasteiger partial charge in [-0.2, -0.15) is 0 Å². The van der Waals surface area contributed by atoms with Crippen molar-refractivity contribution in [3.8, 4) is 0 Å². The van der Waals surface area contributed by atoms with E-state index in [9.17, 15) is 43.2 Å². The van der Waals surface area contributed by atoms with Crippen LogP contribution in [0.15, 0.2) is 0 Å². The van der Waals surface area contributed by atoms with Crippen LogP contribution in [0.1, 0.15) is 343 Å². The van der Waals surface area contributed by atoms with Crippen molar-refractivity contribution in [2.75, 3.05) is 39.6 Å². The first-order valence-electron chi connectivity index (χ1n) is 35.5. The monoisotopic (exact) mass is 1280 g/mol. The molecule has 0 heterocycles. The van der Waals surface area contributed by atoms with E-state index in [0.717, 1.165) is 115 Å². The Bertz CT molecular complexity index is 1700. The summed E-state index contributed by atoms with van der Waals surface area (Å²) >= 11 is 0. The van der Waals surface area contributed by atoms with Gasteiger partial charge in [-0.1, -0.05) is 292 Å². The summed E-state index contributed by atoms with van der Waals surface area (Å²) in [5.74, 6) is -0.585. The van der Waals surface area contributed by atoms with Crippen LogP contribution in [0.4, 0.5) is 0 Å². The maximum atomic E-state index is 13.0.